The predicted molar refractivity (Wildman–Crippen MR) is 92.8 cm³/mol. The number of hydrogen-bond acceptors (Lipinski definition) is 3. The zero-order valence-corrected chi connectivity index (χ0v) is 14.4. The molecule has 5 heteroatoms. The lowest BCUT2D eigenvalue weighted by Crippen LogP contribution is -2.42. The maximum Gasteiger partial charge on any atom is 0.227 e. The van der Waals surface area contributed by atoms with Crippen molar-refractivity contribution in [1.29, 1.82) is 0 Å². The highest BCUT2D eigenvalue weighted by Crippen LogP contribution is 2.29. The Labute approximate surface area is 143 Å². The SMILES string of the molecule is Cc1cccc(N2CC(C(=O)NC3CCC(O)CC3)CC2=O)c1C. The number of aryl methyl sites for hydroxylation is 1. The van der Waals surface area contributed by atoms with Crippen molar-refractivity contribution in [3.05, 3.63) is 29.3 Å². The van der Waals surface area contributed by atoms with Gasteiger partial charge in [-0.1, -0.05) is 12.1 Å². The summed E-state index contributed by atoms with van der Waals surface area (Å²) in [5, 5.41) is 12.6. The van der Waals surface area contributed by atoms with E-state index in [-0.39, 0.29) is 36.3 Å². The van der Waals surface area contributed by atoms with Gasteiger partial charge in [0, 0.05) is 24.7 Å². The monoisotopic (exact) mass is 330 g/mol. The van der Waals surface area contributed by atoms with Gasteiger partial charge in [-0.05, 0) is 56.7 Å². The van der Waals surface area contributed by atoms with Crippen LogP contribution in [0.1, 0.15) is 43.2 Å². The molecule has 2 N–H and O–H groups in total. The lowest BCUT2D eigenvalue weighted by Gasteiger charge is -2.27. The summed E-state index contributed by atoms with van der Waals surface area (Å²) in [7, 11) is 0. The molecular formula is C19H26N2O3. The first-order valence-corrected chi connectivity index (χ1v) is 8.80. The molecular weight excluding hydrogens is 304 g/mol. The molecule has 5 nitrogen and oxygen atoms in total. The summed E-state index contributed by atoms with van der Waals surface area (Å²) >= 11 is 0. The average molecular weight is 330 g/mol. The second-order valence-electron chi connectivity index (χ2n) is 7.14. The number of aliphatic hydroxyl groups is 1. The van der Waals surface area contributed by atoms with E-state index in [9.17, 15) is 14.7 Å². The lowest BCUT2D eigenvalue weighted by molar-refractivity contribution is -0.127. The molecule has 1 saturated heterocycles. The number of benzene rings is 1. The second kappa shape index (κ2) is 6.93. The van der Waals surface area contributed by atoms with Gasteiger partial charge in [0.15, 0.2) is 0 Å². The van der Waals surface area contributed by atoms with Crippen molar-refractivity contribution in [2.45, 2.75) is 58.1 Å². The molecule has 1 atom stereocenters. The maximum atomic E-state index is 12.5. The molecule has 1 aromatic rings. The van der Waals surface area contributed by atoms with E-state index in [1.165, 1.54) is 0 Å². The number of hydrogen-bond donors (Lipinski definition) is 2. The number of aliphatic hydroxyl groups excluding tert-OH is 1. The average Bonchev–Trinajstić information content (AvgIpc) is 2.94. The van der Waals surface area contributed by atoms with Gasteiger partial charge in [0.05, 0.1) is 12.0 Å². The number of rotatable bonds is 3. The molecule has 1 heterocycles. The van der Waals surface area contributed by atoms with Crippen molar-refractivity contribution < 1.29 is 14.7 Å². The Kier molecular flexibility index (Phi) is 4.90. The minimum absolute atomic E-state index is 0.0166. The number of nitrogens with one attached hydrogen (secondary N) is 1. The third-order valence-electron chi connectivity index (χ3n) is 5.41. The maximum absolute atomic E-state index is 12.5. The van der Waals surface area contributed by atoms with Gasteiger partial charge in [-0.3, -0.25) is 9.59 Å². The standard InChI is InChI=1S/C19H26N2O3/c1-12-4-3-5-17(13(12)2)21-11-14(10-18(21)23)19(24)20-15-6-8-16(22)9-7-15/h3-5,14-16,22H,6-11H2,1-2H3,(H,20,24). The Morgan fingerprint density at radius 1 is 1.21 bits per heavy atom. The fourth-order valence-electron chi connectivity index (χ4n) is 3.68. The first kappa shape index (κ1) is 17.0. The molecule has 24 heavy (non-hydrogen) atoms. The van der Waals surface area contributed by atoms with Crippen LogP contribution in [0.3, 0.4) is 0 Å². The molecule has 0 aromatic heterocycles. The fourth-order valence-corrected chi connectivity index (χ4v) is 3.68. The van der Waals surface area contributed by atoms with Gasteiger partial charge in [0.1, 0.15) is 0 Å². The molecule has 130 valence electrons. The minimum Gasteiger partial charge on any atom is -0.393 e. The van der Waals surface area contributed by atoms with Crippen LogP contribution in [0.4, 0.5) is 5.69 Å². The van der Waals surface area contributed by atoms with Gasteiger partial charge in [0.25, 0.3) is 0 Å². The van der Waals surface area contributed by atoms with Gasteiger partial charge in [0.2, 0.25) is 11.8 Å². The third kappa shape index (κ3) is 3.46. The highest BCUT2D eigenvalue weighted by Gasteiger charge is 2.36. The highest BCUT2D eigenvalue weighted by molar-refractivity contribution is 6.00. The Morgan fingerprint density at radius 3 is 2.62 bits per heavy atom. The number of carbonyl (C=O) groups is 2. The second-order valence-corrected chi connectivity index (χ2v) is 7.14. The van der Waals surface area contributed by atoms with E-state index in [1.807, 2.05) is 32.0 Å². The molecule has 1 aliphatic heterocycles. The fraction of sp³-hybridized carbons (Fsp3) is 0.579. The summed E-state index contributed by atoms with van der Waals surface area (Å²) in [5.41, 5.74) is 3.15. The van der Waals surface area contributed by atoms with E-state index in [0.29, 0.717) is 6.54 Å². The number of amides is 2. The van der Waals surface area contributed by atoms with Gasteiger partial charge in [-0.25, -0.2) is 0 Å². The van der Waals surface area contributed by atoms with Crippen molar-refractivity contribution in [3.8, 4) is 0 Å². The molecule has 0 bridgehead atoms. The third-order valence-corrected chi connectivity index (χ3v) is 5.41. The van der Waals surface area contributed by atoms with Crippen molar-refractivity contribution in [1.82, 2.24) is 5.32 Å². The molecule has 2 aliphatic rings. The van der Waals surface area contributed by atoms with Crippen LogP contribution in [-0.4, -0.2) is 35.6 Å². The highest BCUT2D eigenvalue weighted by atomic mass is 16.3. The van der Waals surface area contributed by atoms with Crippen molar-refractivity contribution >= 4 is 17.5 Å². The molecule has 2 amide bonds. The van der Waals surface area contributed by atoms with Crippen molar-refractivity contribution in [2.24, 2.45) is 5.92 Å². The summed E-state index contributed by atoms with van der Waals surface area (Å²) in [6.07, 6.45) is 3.15. The number of anilines is 1. The molecule has 2 fully saturated rings. The van der Waals surface area contributed by atoms with Crippen LogP contribution < -0.4 is 10.2 Å². The minimum atomic E-state index is -0.288. The van der Waals surface area contributed by atoms with E-state index in [2.05, 4.69) is 5.32 Å². The van der Waals surface area contributed by atoms with Crippen LogP contribution >= 0.6 is 0 Å². The van der Waals surface area contributed by atoms with Gasteiger partial charge in [-0.15, -0.1) is 0 Å². The first-order chi connectivity index (χ1) is 11.5. The van der Waals surface area contributed by atoms with Crippen molar-refractivity contribution in [2.75, 3.05) is 11.4 Å². The number of carbonyl (C=O) groups excluding carboxylic acids is 2. The Morgan fingerprint density at radius 2 is 1.92 bits per heavy atom. The van der Waals surface area contributed by atoms with Gasteiger partial charge in [-0.2, -0.15) is 0 Å². The quantitative estimate of drug-likeness (QED) is 0.891. The molecule has 3 rings (SSSR count). The first-order valence-electron chi connectivity index (χ1n) is 8.80. The largest absolute Gasteiger partial charge is 0.393 e. The van der Waals surface area contributed by atoms with Gasteiger partial charge >= 0.3 is 0 Å². The topological polar surface area (TPSA) is 69.6 Å². The summed E-state index contributed by atoms with van der Waals surface area (Å²) in [6.45, 7) is 4.49. The van der Waals surface area contributed by atoms with E-state index in [0.717, 1.165) is 42.5 Å². The van der Waals surface area contributed by atoms with Crippen LogP contribution in [0.15, 0.2) is 18.2 Å². The van der Waals surface area contributed by atoms with Gasteiger partial charge < -0.3 is 15.3 Å². The van der Waals surface area contributed by atoms with Crippen molar-refractivity contribution in [3.63, 3.8) is 0 Å². The summed E-state index contributed by atoms with van der Waals surface area (Å²) < 4.78 is 0. The van der Waals surface area contributed by atoms with E-state index < -0.39 is 0 Å². The predicted octanol–water partition coefficient (Wildman–Crippen LogP) is 2.08. The van der Waals surface area contributed by atoms with Crippen LogP contribution in [-0.2, 0) is 9.59 Å². The van der Waals surface area contributed by atoms with E-state index in [4.69, 9.17) is 0 Å². The molecule has 1 aromatic carbocycles. The van der Waals surface area contributed by atoms with Crippen LogP contribution in [0.2, 0.25) is 0 Å². The smallest absolute Gasteiger partial charge is 0.227 e. The van der Waals surface area contributed by atoms with Crippen LogP contribution in [0, 0.1) is 19.8 Å². The Balaban J connectivity index is 1.64. The normalized spacial score (nSPS) is 27.4. The summed E-state index contributed by atoms with van der Waals surface area (Å²) in [6, 6.07) is 6.06. The zero-order chi connectivity index (χ0) is 17.3. The zero-order valence-electron chi connectivity index (χ0n) is 14.4. The number of nitrogens with zero attached hydrogens (tertiary/aromatic N) is 1. The summed E-state index contributed by atoms with van der Waals surface area (Å²) in [4.78, 5) is 26.7. The van der Waals surface area contributed by atoms with Crippen LogP contribution in [0.25, 0.3) is 0 Å². The molecule has 0 radical (unpaired) electrons. The van der Waals surface area contributed by atoms with E-state index in [1.54, 1.807) is 4.90 Å². The van der Waals surface area contributed by atoms with E-state index >= 15 is 0 Å². The lowest BCUT2D eigenvalue weighted by atomic mass is 9.92. The summed E-state index contributed by atoms with van der Waals surface area (Å²) in [5.74, 6) is -0.301. The molecule has 1 saturated carbocycles. The Hall–Kier alpha value is -1.88. The molecule has 1 unspecified atom stereocenters. The van der Waals surface area contributed by atoms with Crippen LogP contribution in [0.5, 0.6) is 0 Å². The Bertz CT molecular complexity index is 635. The molecule has 1 aliphatic carbocycles. The molecule has 0 spiro atoms.